The van der Waals surface area contributed by atoms with E-state index < -0.39 is 9.84 Å². The van der Waals surface area contributed by atoms with Crippen molar-refractivity contribution in [2.45, 2.75) is 21.1 Å². The summed E-state index contributed by atoms with van der Waals surface area (Å²) in [6.45, 7) is 1.93. The van der Waals surface area contributed by atoms with Gasteiger partial charge in [-0.3, -0.25) is 0 Å². The minimum atomic E-state index is -3.21. The maximum Gasteiger partial charge on any atom is 0.175 e. The smallest absolute Gasteiger partial charge is 0.175 e. The van der Waals surface area contributed by atoms with Crippen molar-refractivity contribution in [2.75, 3.05) is 12.0 Å². The van der Waals surface area contributed by atoms with Crippen LogP contribution in [0.15, 0.2) is 37.7 Å². The Morgan fingerprint density at radius 3 is 2.61 bits per heavy atom. The number of aromatic nitrogens is 1. The van der Waals surface area contributed by atoms with Crippen LogP contribution in [0.25, 0.3) is 0 Å². The van der Waals surface area contributed by atoms with E-state index in [0.717, 1.165) is 14.9 Å². The first-order chi connectivity index (χ1) is 8.36. The van der Waals surface area contributed by atoms with Gasteiger partial charge in [0, 0.05) is 27.9 Å². The summed E-state index contributed by atoms with van der Waals surface area (Å²) in [7, 11) is -3.21. The molecule has 0 fully saturated rings. The number of sulfone groups is 1. The SMILES string of the molecule is Cc1csc(Sc2ccc(S(C)(=O)=O)cc2N)n1. The highest BCUT2D eigenvalue weighted by atomic mass is 32.2. The van der Waals surface area contributed by atoms with Crippen LogP contribution in [-0.4, -0.2) is 19.7 Å². The number of aryl methyl sites for hydroxylation is 1. The maximum absolute atomic E-state index is 11.4. The van der Waals surface area contributed by atoms with E-state index in [-0.39, 0.29) is 4.90 Å². The molecule has 0 radical (unpaired) electrons. The fraction of sp³-hybridized carbons (Fsp3) is 0.182. The molecule has 0 atom stereocenters. The second-order valence-electron chi connectivity index (χ2n) is 3.83. The molecule has 0 saturated heterocycles. The molecule has 0 aliphatic heterocycles. The second-order valence-corrected chi connectivity index (χ2v) is 7.99. The summed E-state index contributed by atoms with van der Waals surface area (Å²) >= 11 is 2.98. The highest BCUT2D eigenvalue weighted by molar-refractivity contribution is 8.01. The van der Waals surface area contributed by atoms with E-state index in [1.165, 1.54) is 24.1 Å². The number of benzene rings is 1. The summed E-state index contributed by atoms with van der Waals surface area (Å²) in [4.78, 5) is 5.38. The Morgan fingerprint density at radius 1 is 1.39 bits per heavy atom. The summed E-state index contributed by atoms with van der Waals surface area (Å²) in [6, 6.07) is 4.76. The van der Waals surface area contributed by atoms with Gasteiger partial charge in [0.25, 0.3) is 0 Å². The first-order valence-electron chi connectivity index (χ1n) is 5.06. The lowest BCUT2D eigenvalue weighted by atomic mass is 10.3. The molecule has 2 N–H and O–H groups in total. The Bertz CT molecular complexity index is 677. The maximum atomic E-state index is 11.4. The fourth-order valence-corrected chi connectivity index (χ4v) is 3.80. The molecule has 18 heavy (non-hydrogen) atoms. The standard InChI is InChI=1S/C11H12N2O2S3/c1-7-6-16-11(13-7)17-10-4-3-8(5-9(10)12)18(2,14)15/h3-6H,12H2,1-2H3. The molecule has 1 aromatic heterocycles. The van der Waals surface area contributed by atoms with Crippen LogP contribution in [0.3, 0.4) is 0 Å². The Hall–Kier alpha value is -1.05. The zero-order valence-electron chi connectivity index (χ0n) is 9.88. The molecular weight excluding hydrogens is 288 g/mol. The first-order valence-corrected chi connectivity index (χ1v) is 8.64. The van der Waals surface area contributed by atoms with E-state index in [4.69, 9.17) is 5.73 Å². The van der Waals surface area contributed by atoms with E-state index in [2.05, 4.69) is 4.98 Å². The quantitative estimate of drug-likeness (QED) is 0.882. The lowest BCUT2D eigenvalue weighted by Gasteiger charge is -2.05. The molecule has 0 bridgehead atoms. The van der Waals surface area contributed by atoms with Crippen molar-refractivity contribution in [1.82, 2.24) is 4.98 Å². The van der Waals surface area contributed by atoms with Crippen LogP contribution in [-0.2, 0) is 9.84 Å². The number of thiazole rings is 1. The van der Waals surface area contributed by atoms with Gasteiger partial charge in [0.2, 0.25) is 0 Å². The topological polar surface area (TPSA) is 73.0 Å². The zero-order valence-corrected chi connectivity index (χ0v) is 12.3. The van der Waals surface area contributed by atoms with Crippen LogP contribution in [0.5, 0.6) is 0 Å². The number of anilines is 1. The summed E-state index contributed by atoms with van der Waals surface area (Å²) in [5.74, 6) is 0. The molecule has 0 amide bonds. The van der Waals surface area contributed by atoms with Gasteiger partial charge >= 0.3 is 0 Å². The van der Waals surface area contributed by atoms with E-state index in [1.807, 2.05) is 12.3 Å². The van der Waals surface area contributed by atoms with Crippen LogP contribution in [0.1, 0.15) is 5.69 Å². The van der Waals surface area contributed by atoms with E-state index in [9.17, 15) is 8.42 Å². The molecular formula is C11H12N2O2S3. The number of nitrogens with zero attached hydrogens (tertiary/aromatic N) is 1. The monoisotopic (exact) mass is 300 g/mol. The predicted molar refractivity (Wildman–Crippen MR) is 74.9 cm³/mol. The zero-order chi connectivity index (χ0) is 13.3. The molecule has 2 aromatic rings. The molecule has 0 aliphatic rings. The summed E-state index contributed by atoms with van der Waals surface area (Å²) < 4.78 is 23.7. The Kier molecular flexibility index (Phi) is 3.65. The van der Waals surface area contributed by atoms with Gasteiger partial charge in [-0.25, -0.2) is 13.4 Å². The molecule has 7 heteroatoms. The number of nitrogen functional groups attached to an aromatic ring is 1. The molecule has 96 valence electrons. The molecule has 1 heterocycles. The molecule has 0 aliphatic carbocycles. The Morgan fingerprint density at radius 2 is 2.11 bits per heavy atom. The van der Waals surface area contributed by atoms with E-state index in [1.54, 1.807) is 23.5 Å². The van der Waals surface area contributed by atoms with Crippen molar-refractivity contribution >= 4 is 38.6 Å². The first kappa shape index (κ1) is 13.4. The van der Waals surface area contributed by atoms with Crippen LogP contribution >= 0.6 is 23.1 Å². The number of hydrogen-bond donors (Lipinski definition) is 1. The number of rotatable bonds is 3. The van der Waals surface area contributed by atoms with Crippen LogP contribution < -0.4 is 5.73 Å². The third-order valence-corrected chi connectivity index (χ3v) is 5.46. The normalized spacial score (nSPS) is 11.7. The molecule has 1 aromatic carbocycles. The lowest BCUT2D eigenvalue weighted by Crippen LogP contribution is -1.99. The highest BCUT2D eigenvalue weighted by Gasteiger charge is 2.11. The second kappa shape index (κ2) is 4.91. The molecule has 2 rings (SSSR count). The predicted octanol–water partition coefficient (Wildman–Crippen LogP) is 2.59. The third kappa shape index (κ3) is 3.04. The van der Waals surface area contributed by atoms with Crippen molar-refractivity contribution in [3.8, 4) is 0 Å². The van der Waals surface area contributed by atoms with Crippen LogP contribution in [0, 0.1) is 6.92 Å². The van der Waals surface area contributed by atoms with Crippen molar-refractivity contribution in [2.24, 2.45) is 0 Å². The largest absolute Gasteiger partial charge is 0.398 e. The molecule has 4 nitrogen and oxygen atoms in total. The minimum Gasteiger partial charge on any atom is -0.398 e. The van der Waals surface area contributed by atoms with Crippen molar-refractivity contribution < 1.29 is 8.42 Å². The lowest BCUT2D eigenvalue weighted by molar-refractivity contribution is 0.602. The average Bonchev–Trinajstić information content (AvgIpc) is 2.65. The molecule has 0 unspecified atom stereocenters. The molecule has 0 spiro atoms. The average molecular weight is 300 g/mol. The number of nitrogens with two attached hydrogens (primary N) is 1. The van der Waals surface area contributed by atoms with Gasteiger partial charge in [-0.2, -0.15) is 0 Å². The Labute approximate surface area is 114 Å². The molecule has 0 saturated carbocycles. The van der Waals surface area contributed by atoms with Gasteiger partial charge < -0.3 is 5.73 Å². The minimum absolute atomic E-state index is 0.236. The van der Waals surface area contributed by atoms with Gasteiger partial charge in [-0.05, 0) is 25.1 Å². The van der Waals surface area contributed by atoms with Gasteiger partial charge in [0.15, 0.2) is 14.2 Å². The van der Waals surface area contributed by atoms with Gasteiger partial charge in [-0.1, -0.05) is 11.8 Å². The van der Waals surface area contributed by atoms with Crippen molar-refractivity contribution in [3.05, 3.63) is 29.3 Å². The van der Waals surface area contributed by atoms with Gasteiger partial charge in [0.05, 0.1) is 4.90 Å². The third-order valence-electron chi connectivity index (χ3n) is 2.20. The fourth-order valence-electron chi connectivity index (χ4n) is 1.32. The summed E-state index contributed by atoms with van der Waals surface area (Å²) in [6.07, 6.45) is 1.17. The van der Waals surface area contributed by atoms with Gasteiger partial charge in [-0.15, -0.1) is 11.3 Å². The number of hydrogen-bond acceptors (Lipinski definition) is 6. The van der Waals surface area contributed by atoms with Crippen LogP contribution in [0.2, 0.25) is 0 Å². The van der Waals surface area contributed by atoms with E-state index >= 15 is 0 Å². The summed E-state index contributed by atoms with van der Waals surface area (Å²) in [5.41, 5.74) is 7.29. The van der Waals surface area contributed by atoms with Crippen molar-refractivity contribution in [3.63, 3.8) is 0 Å². The van der Waals surface area contributed by atoms with Crippen LogP contribution in [0.4, 0.5) is 5.69 Å². The van der Waals surface area contributed by atoms with Gasteiger partial charge in [0.1, 0.15) is 0 Å². The summed E-state index contributed by atoms with van der Waals surface area (Å²) in [5, 5.41) is 1.96. The van der Waals surface area contributed by atoms with Crippen molar-refractivity contribution in [1.29, 1.82) is 0 Å². The Balaban J connectivity index is 2.31. The van der Waals surface area contributed by atoms with E-state index in [0.29, 0.717) is 5.69 Å². The highest BCUT2D eigenvalue weighted by Crippen LogP contribution is 2.34.